The zero-order chi connectivity index (χ0) is 15.5. The van der Waals surface area contributed by atoms with Crippen molar-refractivity contribution in [3.05, 3.63) is 0 Å². The Hall–Kier alpha value is -0.765. The standard InChI is InChI=1S/C12H21BNO6S/c15-11(7-9-2-1-5-21-9)14-10-4-3-8(6-12(16)17)20-13(10,18)19/h8-10,18-19H,1-7H2,(H,14,15)(H,16,17)/q-1/t8-,9?,10-/m0/s1. The predicted octanol–water partition coefficient (Wildman–Crippen LogP) is -0.127. The lowest BCUT2D eigenvalue weighted by molar-refractivity contribution is -0.140. The minimum Gasteiger partial charge on any atom is -0.558 e. The summed E-state index contributed by atoms with van der Waals surface area (Å²) in [6, 6.07) is 0. The Labute approximate surface area is 127 Å². The number of thioether (sulfide) groups is 1. The SMILES string of the molecule is O=C(O)C[C@@H]1CC[C@H](NC(=O)CC2CCCS2)[B-](O)(O)O1. The predicted molar refractivity (Wildman–Crippen MR) is 78.6 cm³/mol. The molecule has 120 valence electrons. The Balaban J connectivity index is 1.82. The summed E-state index contributed by atoms with van der Waals surface area (Å²) < 4.78 is 5.04. The van der Waals surface area contributed by atoms with Crippen molar-refractivity contribution in [2.75, 3.05) is 5.75 Å². The quantitative estimate of drug-likeness (QED) is 0.522. The van der Waals surface area contributed by atoms with Crippen LogP contribution in [0.5, 0.6) is 0 Å². The van der Waals surface area contributed by atoms with Crippen LogP contribution in [0.1, 0.15) is 38.5 Å². The molecule has 0 radical (unpaired) electrons. The number of carboxylic acid groups (broad SMARTS) is 1. The number of carboxylic acids is 1. The lowest BCUT2D eigenvalue weighted by Crippen LogP contribution is -2.63. The molecular formula is C12H21BNO6S-. The third kappa shape index (κ3) is 4.87. The maximum absolute atomic E-state index is 11.9. The fourth-order valence-corrected chi connectivity index (χ4v) is 4.10. The Kier molecular flexibility index (Phi) is 5.53. The summed E-state index contributed by atoms with van der Waals surface area (Å²) in [6.45, 7) is -3.22. The van der Waals surface area contributed by atoms with Crippen molar-refractivity contribution in [2.24, 2.45) is 0 Å². The molecule has 0 aromatic heterocycles. The van der Waals surface area contributed by atoms with Crippen LogP contribution in [0.15, 0.2) is 0 Å². The molecule has 2 aliphatic heterocycles. The molecule has 2 aliphatic rings. The van der Waals surface area contributed by atoms with Crippen molar-refractivity contribution in [1.82, 2.24) is 5.32 Å². The molecular weight excluding hydrogens is 297 g/mol. The van der Waals surface area contributed by atoms with E-state index in [2.05, 4.69) is 5.32 Å². The van der Waals surface area contributed by atoms with Crippen LogP contribution in [0.4, 0.5) is 0 Å². The third-order valence-corrected chi connectivity index (χ3v) is 5.30. The van der Waals surface area contributed by atoms with E-state index in [1.165, 1.54) is 0 Å². The molecule has 2 heterocycles. The van der Waals surface area contributed by atoms with Crippen molar-refractivity contribution < 1.29 is 29.4 Å². The van der Waals surface area contributed by atoms with Crippen LogP contribution >= 0.6 is 11.8 Å². The number of amides is 1. The average Bonchev–Trinajstić information content (AvgIpc) is 2.84. The number of nitrogens with one attached hydrogen (secondary N) is 1. The fraction of sp³-hybridized carbons (Fsp3) is 0.833. The number of aliphatic carboxylic acids is 1. The normalized spacial score (nSPS) is 31.8. The molecule has 0 saturated carbocycles. The van der Waals surface area contributed by atoms with Crippen molar-refractivity contribution in [3.63, 3.8) is 0 Å². The third-order valence-electron chi connectivity index (χ3n) is 3.90. The largest absolute Gasteiger partial charge is 0.558 e. The molecule has 7 nitrogen and oxygen atoms in total. The molecule has 0 aromatic carbocycles. The Morgan fingerprint density at radius 1 is 1.24 bits per heavy atom. The highest BCUT2D eigenvalue weighted by Gasteiger charge is 2.40. The van der Waals surface area contributed by atoms with Crippen LogP contribution in [0.3, 0.4) is 0 Å². The minimum atomic E-state index is -3.22. The molecule has 1 unspecified atom stereocenters. The molecule has 0 spiro atoms. The van der Waals surface area contributed by atoms with E-state index in [9.17, 15) is 19.6 Å². The highest BCUT2D eigenvalue weighted by atomic mass is 32.2. The summed E-state index contributed by atoms with van der Waals surface area (Å²) in [5.74, 6) is -1.06. The van der Waals surface area contributed by atoms with Crippen molar-refractivity contribution in [1.29, 1.82) is 0 Å². The lowest BCUT2D eigenvalue weighted by Gasteiger charge is -2.45. The number of carbonyl (C=O) groups is 2. The zero-order valence-corrected chi connectivity index (χ0v) is 12.6. The molecule has 0 aromatic rings. The van der Waals surface area contributed by atoms with Crippen molar-refractivity contribution in [3.8, 4) is 0 Å². The molecule has 2 rings (SSSR count). The fourth-order valence-electron chi connectivity index (χ4n) is 2.83. The first kappa shape index (κ1) is 16.6. The monoisotopic (exact) mass is 318 g/mol. The van der Waals surface area contributed by atoms with Crippen LogP contribution < -0.4 is 5.32 Å². The smallest absolute Gasteiger partial charge is 0.396 e. The molecule has 9 heteroatoms. The Morgan fingerprint density at radius 3 is 2.57 bits per heavy atom. The minimum absolute atomic E-state index is 0.214. The zero-order valence-electron chi connectivity index (χ0n) is 11.7. The highest BCUT2D eigenvalue weighted by molar-refractivity contribution is 8.00. The number of carbonyl (C=O) groups excluding carboxylic acids is 1. The second-order valence-corrected chi connectivity index (χ2v) is 7.12. The molecule has 21 heavy (non-hydrogen) atoms. The second-order valence-electron chi connectivity index (χ2n) is 5.71. The van der Waals surface area contributed by atoms with E-state index in [-0.39, 0.29) is 12.3 Å². The molecule has 2 fully saturated rings. The summed E-state index contributed by atoms with van der Waals surface area (Å²) >= 11 is 1.76. The van der Waals surface area contributed by atoms with E-state index in [0.717, 1.165) is 18.6 Å². The van der Waals surface area contributed by atoms with Crippen LogP contribution in [0, 0.1) is 0 Å². The van der Waals surface area contributed by atoms with Crippen molar-refractivity contribution >= 4 is 30.4 Å². The van der Waals surface area contributed by atoms with Gasteiger partial charge in [0.1, 0.15) is 0 Å². The van der Waals surface area contributed by atoms with E-state index >= 15 is 0 Å². The van der Waals surface area contributed by atoms with Gasteiger partial charge in [-0.2, -0.15) is 11.8 Å². The van der Waals surface area contributed by atoms with Gasteiger partial charge >= 0.3 is 12.7 Å². The second kappa shape index (κ2) is 7.00. The Bertz CT molecular complexity index is 401. The van der Waals surface area contributed by atoms with Crippen LogP contribution in [-0.2, 0) is 14.2 Å². The van der Waals surface area contributed by atoms with Gasteiger partial charge in [0, 0.05) is 17.8 Å². The van der Waals surface area contributed by atoms with E-state index in [1.54, 1.807) is 11.8 Å². The van der Waals surface area contributed by atoms with Gasteiger partial charge in [-0.05, 0) is 31.0 Å². The van der Waals surface area contributed by atoms with Gasteiger partial charge in [0.05, 0.1) is 6.42 Å². The van der Waals surface area contributed by atoms with Gasteiger partial charge in [-0.15, -0.1) is 0 Å². The maximum Gasteiger partial charge on any atom is 0.396 e. The average molecular weight is 318 g/mol. The van der Waals surface area contributed by atoms with Gasteiger partial charge in [0.2, 0.25) is 5.91 Å². The molecule has 4 N–H and O–H groups in total. The summed E-state index contributed by atoms with van der Waals surface area (Å²) in [5, 5.41) is 31.4. The Morgan fingerprint density at radius 2 is 2.00 bits per heavy atom. The first-order chi connectivity index (χ1) is 9.87. The number of hydrogen-bond donors (Lipinski definition) is 4. The highest BCUT2D eigenvalue weighted by Crippen LogP contribution is 2.29. The summed E-state index contributed by atoms with van der Waals surface area (Å²) in [7, 11) is 0. The van der Waals surface area contributed by atoms with Gasteiger partial charge in [-0.1, -0.05) is 6.42 Å². The first-order valence-corrected chi connectivity index (χ1v) is 8.31. The van der Waals surface area contributed by atoms with E-state index < -0.39 is 24.8 Å². The number of hydrogen-bond acceptors (Lipinski definition) is 6. The van der Waals surface area contributed by atoms with Gasteiger partial charge < -0.3 is 25.1 Å². The van der Waals surface area contributed by atoms with E-state index in [0.29, 0.717) is 24.5 Å². The molecule has 0 bridgehead atoms. The summed E-state index contributed by atoms with van der Waals surface area (Å²) in [6.07, 6.45) is 2.16. The van der Waals surface area contributed by atoms with Gasteiger partial charge in [0.15, 0.2) is 0 Å². The summed E-state index contributed by atoms with van der Waals surface area (Å²) in [5.41, 5.74) is 0. The van der Waals surface area contributed by atoms with Crippen LogP contribution in [0.25, 0.3) is 0 Å². The molecule has 3 atom stereocenters. The maximum atomic E-state index is 11.9. The lowest BCUT2D eigenvalue weighted by atomic mass is 9.64. The topological polar surface area (TPSA) is 116 Å². The molecule has 0 aliphatic carbocycles. The number of rotatable bonds is 5. The van der Waals surface area contributed by atoms with Crippen LogP contribution in [-0.4, -0.2) is 56.8 Å². The van der Waals surface area contributed by atoms with Gasteiger partial charge in [-0.3, -0.25) is 9.59 Å². The summed E-state index contributed by atoms with van der Waals surface area (Å²) in [4.78, 5) is 22.6. The van der Waals surface area contributed by atoms with Gasteiger partial charge in [-0.25, -0.2) is 0 Å². The molecule has 1 amide bonds. The van der Waals surface area contributed by atoms with Crippen molar-refractivity contribution in [2.45, 2.75) is 55.8 Å². The van der Waals surface area contributed by atoms with Crippen LogP contribution in [0.2, 0.25) is 0 Å². The molecule has 2 saturated heterocycles. The first-order valence-electron chi connectivity index (χ1n) is 7.26. The van der Waals surface area contributed by atoms with E-state index in [4.69, 9.17) is 9.76 Å². The van der Waals surface area contributed by atoms with E-state index in [1.807, 2.05) is 0 Å². The van der Waals surface area contributed by atoms with Gasteiger partial charge in [0.25, 0.3) is 0 Å².